The van der Waals surface area contributed by atoms with E-state index >= 15 is 0 Å². The van der Waals surface area contributed by atoms with Crippen molar-refractivity contribution < 1.29 is 19.1 Å². The molecule has 33 heavy (non-hydrogen) atoms. The molecule has 4 atom stereocenters. The van der Waals surface area contributed by atoms with E-state index in [1.807, 2.05) is 18.7 Å². The van der Waals surface area contributed by atoms with E-state index in [-0.39, 0.29) is 35.0 Å². The van der Waals surface area contributed by atoms with Gasteiger partial charge in [-0.05, 0) is 38.7 Å². The van der Waals surface area contributed by atoms with E-state index in [0.717, 1.165) is 10.6 Å². The Bertz CT molecular complexity index is 903. The Morgan fingerprint density at radius 1 is 1.33 bits per heavy atom. The average molecular weight is 495 g/mol. The number of rotatable bonds is 6. The summed E-state index contributed by atoms with van der Waals surface area (Å²) in [5.74, 6) is -0.00886. The van der Waals surface area contributed by atoms with Crippen LogP contribution in [0, 0.1) is 11.8 Å². The summed E-state index contributed by atoms with van der Waals surface area (Å²) in [6.45, 7) is 12.7. The molecule has 3 amide bonds. The topological polar surface area (TPSA) is 91.8 Å². The number of hydrogen-bond donors (Lipinski definition) is 1. The van der Waals surface area contributed by atoms with Crippen LogP contribution in [0.3, 0.4) is 0 Å². The molecule has 0 radical (unpaired) electrons. The number of carbonyl (C=O) groups is 3. The van der Waals surface area contributed by atoms with Gasteiger partial charge < -0.3 is 19.9 Å². The van der Waals surface area contributed by atoms with Gasteiger partial charge in [-0.25, -0.2) is 4.98 Å². The minimum Gasteiger partial charge on any atom is -0.381 e. The molecule has 1 aliphatic heterocycles. The van der Waals surface area contributed by atoms with Crippen molar-refractivity contribution in [2.45, 2.75) is 61.6 Å². The Labute approximate surface area is 204 Å². The Kier molecular flexibility index (Phi) is 8.23. The average Bonchev–Trinajstić information content (AvgIpc) is 3.19. The molecule has 1 aromatic rings. The Hall–Kier alpha value is -1.91. The summed E-state index contributed by atoms with van der Waals surface area (Å²) in [5, 5.41) is 3.55. The first kappa shape index (κ1) is 25.7. The number of carbonyl (C=O) groups excluding carboxylic acids is 3. The number of nitrogens with one attached hydrogen (secondary N) is 1. The fraction of sp³-hybridized carbons (Fsp3) is 0.652. The number of anilines is 1. The van der Waals surface area contributed by atoms with Crippen molar-refractivity contribution in [3.8, 4) is 0 Å². The van der Waals surface area contributed by atoms with Gasteiger partial charge in [0, 0.05) is 38.9 Å². The van der Waals surface area contributed by atoms with Crippen LogP contribution in [0.2, 0.25) is 0 Å². The van der Waals surface area contributed by atoms with Crippen LogP contribution in [0.4, 0.5) is 5.13 Å². The molecule has 8 nitrogen and oxygen atoms in total. The number of ether oxygens (including phenoxy) is 1. The van der Waals surface area contributed by atoms with Crippen LogP contribution in [-0.4, -0.2) is 76.1 Å². The van der Waals surface area contributed by atoms with E-state index in [1.54, 1.807) is 30.0 Å². The molecule has 10 heteroatoms. The van der Waals surface area contributed by atoms with Crippen LogP contribution in [0.25, 0.3) is 0 Å². The first-order chi connectivity index (χ1) is 15.6. The molecular weight excluding hydrogens is 460 g/mol. The van der Waals surface area contributed by atoms with Gasteiger partial charge >= 0.3 is 0 Å². The van der Waals surface area contributed by atoms with Crippen LogP contribution in [-0.2, 0) is 19.1 Å². The van der Waals surface area contributed by atoms with Crippen LogP contribution < -0.4 is 5.32 Å². The van der Waals surface area contributed by atoms with Gasteiger partial charge in [-0.3, -0.25) is 14.4 Å². The first-order valence-corrected chi connectivity index (χ1v) is 12.9. The van der Waals surface area contributed by atoms with Gasteiger partial charge in [-0.1, -0.05) is 24.8 Å². The SMILES string of the molecule is C=CC(=O)N1CCN(C(=O)C2CC(Sc3cnc(NC(C)=O)s3)C(C)CC2OC)CC1(C)C. The highest BCUT2D eigenvalue weighted by molar-refractivity contribution is 8.01. The number of hydrogen-bond acceptors (Lipinski definition) is 7. The third-order valence-corrected chi connectivity index (χ3v) is 9.03. The first-order valence-electron chi connectivity index (χ1n) is 11.2. The third kappa shape index (κ3) is 5.96. The lowest BCUT2D eigenvalue weighted by Gasteiger charge is -2.48. The van der Waals surface area contributed by atoms with Crippen molar-refractivity contribution in [3.63, 3.8) is 0 Å². The van der Waals surface area contributed by atoms with Gasteiger partial charge in [0.05, 0.1) is 28.0 Å². The highest BCUT2D eigenvalue weighted by Gasteiger charge is 2.44. The fourth-order valence-corrected chi connectivity index (χ4v) is 7.22. The number of amides is 3. The van der Waals surface area contributed by atoms with E-state index in [1.165, 1.54) is 24.3 Å². The standard InChI is InChI=1S/C23H34N4O4S2/c1-7-19(29)27-9-8-26(13-23(27,4)5)21(30)16-11-18(14(2)10-17(16)31-6)32-20-12-24-22(33-20)25-15(3)28/h7,12,14,16-18H,1,8-11,13H2,2-6H3,(H,24,25,28). The molecule has 2 aliphatic rings. The molecule has 2 heterocycles. The maximum absolute atomic E-state index is 13.6. The lowest BCUT2D eigenvalue weighted by molar-refractivity contribution is -0.152. The highest BCUT2D eigenvalue weighted by Crippen LogP contribution is 2.43. The molecule has 0 spiro atoms. The van der Waals surface area contributed by atoms with E-state index in [4.69, 9.17) is 4.74 Å². The molecular formula is C23H34N4O4S2. The van der Waals surface area contributed by atoms with Gasteiger partial charge in [0.15, 0.2) is 5.13 Å². The Morgan fingerprint density at radius 2 is 2.06 bits per heavy atom. The van der Waals surface area contributed by atoms with Crippen LogP contribution in [0.1, 0.15) is 40.5 Å². The van der Waals surface area contributed by atoms with Crippen LogP contribution >= 0.6 is 23.1 Å². The van der Waals surface area contributed by atoms with Gasteiger partial charge in [-0.2, -0.15) is 0 Å². The van der Waals surface area contributed by atoms with Crippen molar-refractivity contribution in [2.24, 2.45) is 11.8 Å². The minimum atomic E-state index is -0.458. The number of nitrogens with zero attached hydrogens (tertiary/aromatic N) is 3. The summed E-state index contributed by atoms with van der Waals surface area (Å²) in [7, 11) is 1.68. The number of methoxy groups -OCH3 is 1. The van der Waals surface area contributed by atoms with Gasteiger partial charge in [0.2, 0.25) is 17.7 Å². The van der Waals surface area contributed by atoms with E-state index in [2.05, 4.69) is 23.8 Å². The molecule has 3 rings (SSSR count). The Balaban J connectivity index is 1.71. The maximum Gasteiger partial charge on any atom is 0.246 e. The van der Waals surface area contributed by atoms with Crippen molar-refractivity contribution in [2.75, 3.05) is 32.1 Å². The second-order valence-corrected chi connectivity index (χ2v) is 12.0. The van der Waals surface area contributed by atoms with Crippen LogP contribution in [0.15, 0.2) is 23.1 Å². The van der Waals surface area contributed by atoms with Gasteiger partial charge in [0.1, 0.15) is 0 Å². The van der Waals surface area contributed by atoms with E-state index in [0.29, 0.717) is 37.1 Å². The fourth-order valence-electron chi connectivity index (χ4n) is 4.77. The molecule has 1 N–H and O–H groups in total. The molecule has 0 bridgehead atoms. The third-order valence-electron chi connectivity index (χ3n) is 6.48. The lowest BCUT2D eigenvalue weighted by Crippen LogP contribution is -2.63. The zero-order valence-electron chi connectivity index (χ0n) is 20.0. The minimum absolute atomic E-state index is 0.0985. The molecule has 0 aromatic carbocycles. The van der Waals surface area contributed by atoms with Crippen molar-refractivity contribution in [1.82, 2.24) is 14.8 Å². The van der Waals surface area contributed by atoms with E-state index in [9.17, 15) is 14.4 Å². The molecule has 182 valence electrons. The molecule has 4 unspecified atom stereocenters. The zero-order chi connectivity index (χ0) is 24.3. The lowest BCUT2D eigenvalue weighted by atomic mass is 9.79. The quantitative estimate of drug-likeness (QED) is 0.611. The summed E-state index contributed by atoms with van der Waals surface area (Å²) in [6, 6.07) is 0. The molecule has 1 aromatic heterocycles. The Morgan fingerprint density at radius 3 is 2.67 bits per heavy atom. The summed E-state index contributed by atoms with van der Waals surface area (Å²) < 4.78 is 6.79. The number of aromatic nitrogens is 1. The second kappa shape index (κ2) is 10.6. The largest absolute Gasteiger partial charge is 0.381 e. The van der Waals surface area contributed by atoms with Gasteiger partial charge in [-0.15, -0.1) is 11.8 Å². The van der Waals surface area contributed by atoms with Crippen LogP contribution in [0.5, 0.6) is 0 Å². The van der Waals surface area contributed by atoms with Crippen molar-refractivity contribution in [1.29, 1.82) is 0 Å². The number of piperazine rings is 1. The summed E-state index contributed by atoms with van der Waals surface area (Å²) in [4.78, 5) is 45.1. The van der Waals surface area contributed by atoms with E-state index < -0.39 is 5.54 Å². The summed E-state index contributed by atoms with van der Waals surface area (Å²) >= 11 is 3.18. The number of thioether (sulfide) groups is 1. The number of thiazole rings is 1. The predicted octanol–water partition coefficient (Wildman–Crippen LogP) is 3.26. The molecule has 1 saturated carbocycles. The molecule has 2 fully saturated rings. The predicted molar refractivity (Wildman–Crippen MR) is 131 cm³/mol. The molecule has 1 saturated heterocycles. The summed E-state index contributed by atoms with van der Waals surface area (Å²) in [6.07, 6.45) is 4.51. The summed E-state index contributed by atoms with van der Waals surface area (Å²) in [5.41, 5.74) is -0.458. The van der Waals surface area contributed by atoms with Gasteiger partial charge in [0.25, 0.3) is 0 Å². The second-order valence-electron chi connectivity index (χ2n) is 9.42. The molecule has 1 aliphatic carbocycles. The smallest absolute Gasteiger partial charge is 0.246 e. The highest BCUT2D eigenvalue weighted by atomic mass is 32.2. The normalized spacial score (nSPS) is 27.2. The zero-order valence-corrected chi connectivity index (χ0v) is 21.6. The monoisotopic (exact) mass is 494 g/mol. The van der Waals surface area contributed by atoms with Crippen molar-refractivity contribution >= 4 is 46.0 Å². The van der Waals surface area contributed by atoms with Crippen molar-refractivity contribution in [3.05, 3.63) is 18.9 Å². The maximum atomic E-state index is 13.6.